The zero-order valence-electron chi connectivity index (χ0n) is 10.1. The molecule has 16 heavy (non-hydrogen) atoms. The first-order chi connectivity index (χ1) is 7.63. The number of hydrogen-bond donors (Lipinski definition) is 1. The molecule has 0 aliphatic heterocycles. The Bertz CT molecular complexity index is 354. The molecule has 88 valence electrons. The molecule has 0 spiro atoms. The second kappa shape index (κ2) is 4.46. The lowest BCUT2D eigenvalue weighted by Crippen LogP contribution is -2.22. The average Bonchev–Trinajstić information content (AvgIpc) is 3.02. The van der Waals surface area contributed by atoms with Crippen molar-refractivity contribution in [3.63, 3.8) is 0 Å². The monoisotopic (exact) mass is 220 g/mol. The van der Waals surface area contributed by atoms with Crippen LogP contribution in [0.1, 0.15) is 38.7 Å². The van der Waals surface area contributed by atoms with Gasteiger partial charge in [0.05, 0.1) is 12.2 Å². The van der Waals surface area contributed by atoms with Gasteiger partial charge in [0.1, 0.15) is 5.75 Å². The number of hydrogen-bond acceptors (Lipinski definition) is 2. The summed E-state index contributed by atoms with van der Waals surface area (Å²) in [6.07, 6.45) is 3.36. The molecule has 2 rings (SSSR count). The quantitative estimate of drug-likeness (QED) is 0.826. The second-order valence-corrected chi connectivity index (χ2v) is 4.85. The van der Waals surface area contributed by atoms with Gasteiger partial charge in [-0.25, -0.2) is 0 Å². The molecule has 1 aliphatic rings. The fourth-order valence-corrected chi connectivity index (χ4v) is 2.19. The van der Waals surface area contributed by atoms with E-state index >= 15 is 0 Å². The van der Waals surface area contributed by atoms with Gasteiger partial charge in [0.15, 0.2) is 0 Å². The molecule has 0 heterocycles. The molecule has 2 nitrogen and oxygen atoms in total. The Kier molecular flexibility index (Phi) is 3.20. The Morgan fingerprint density at radius 3 is 2.69 bits per heavy atom. The van der Waals surface area contributed by atoms with Gasteiger partial charge in [0.2, 0.25) is 0 Å². The van der Waals surface area contributed by atoms with Crippen LogP contribution in [-0.2, 0) is 5.60 Å². The molecule has 0 aromatic heterocycles. The van der Waals surface area contributed by atoms with Crippen molar-refractivity contribution < 1.29 is 9.84 Å². The van der Waals surface area contributed by atoms with Crippen LogP contribution < -0.4 is 4.74 Å². The first-order valence-corrected chi connectivity index (χ1v) is 6.08. The van der Waals surface area contributed by atoms with Crippen LogP contribution in [0.4, 0.5) is 0 Å². The fourth-order valence-electron chi connectivity index (χ4n) is 2.19. The third-order valence-corrected chi connectivity index (χ3v) is 3.15. The maximum atomic E-state index is 10.5. The molecule has 1 aromatic rings. The van der Waals surface area contributed by atoms with Gasteiger partial charge < -0.3 is 9.84 Å². The van der Waals surface area contributed by atoms with Crippen LogP contribution >= 0.6 is 0 Å². The predicted octanol–water partition coefficient (Wildman–Crippen LogP) is 3.09. The van der Waals surface area contributed by atoms with Crippen molar-refractivity contribution in [3.05, 3.63) is 29.8 Å². The number of ether oxygens (including phenoxy) is 1. The fraction of sp³-hybridized carbons (Fsp3) is 0.571. The molecule has 1 N–H and O–H groups in total. The lowest BCUT2D eigenvalue weighted by Gasteiger charge is -2.26. The van der Waals surface area contributed by atoms with E-state index in [4.69, 9.17) is 4.74 Å². The van der Waals surface area contributed by atoms with E-state index in [-0.39, 0.29) is 0 Å². The molecule has 0 saturated heterocycles. The first-order valence-electron chi connectivity index (χ1n) is 6.08. The maximum Gasteiger partial charge on any atom is 0.125 e. The molecule has 0 radical (unpaired) electrons. The first kappa shape index (κ1) is 11.5. The zero-order chi connectivity index (χ0) is 11.6. The Morgan fingerprint density at radius 1 is 1.38 bits per heavy atom. The molecule has 2 heteroatoms. The Labute approximate surface area is 97.3 Å². The lowest BCUT2D eigenvalue weighted by atomic mass is 9.89. The van der Waals surface area contributed by atoms with Crippen LogP contribution in [0.15, 0.2) is 24.3 Å². The van der Waals surface area contributed by atoms with E-state index in [1.165, 1.54) is 12.8 Å². The van der Waals surface area contributed by atoms with E-state index in [1.807, 2.05) is 38.1 Å². The average molecular weight is 220 g/mol. The van der Waals surface area contributed by atoms with Crippen LogP contribution in [0, 0.1) is 5.92 Å². The predicted molar refractivity (Wildman–Crippen MR) is 64.5 cm³/mol. The van der Waals surface area contributed by atoms with E-state index in [0.29, 0.717) is 12.5 Å². The van der Waals surface area contributed by atoms with Crippen molar-refractivity contribution in [2.45, 2.75) is 38.7 Å². The molecular weight excluding hydrogens is 200 g/mol. The number of aliphatic hydroxyl groups is 1. The number of rotatable bonds is 5. The normalized spacial score (nSPS) is 19.2. The summed E-state index contributed by atoms with van der Waals surface area (Å²) in [7, 11) is 0. The molecule has 1 unspecified atom stereocenters. The smallest absolute Gasteiger partial charge is 0.125 e. The zero-order valence-corrected chi connectivity index (χ0v) is 10.1. The summed E-state index contributed by atoms with van der Waals surface area (Å²) in [6, 6.07) is 7.80. The summed E-state index contributed by atoms with van der Waals surface area (Å²) >= 11 is 0. The minimum Gasteiger partial charge on any atom is -0.493 e. The molecule has 0 bridgehead atoms. The molecular formula is C14H20O2. The van der Waals surface area contributed by atoms with Gasteiger partial charge in [-0.05, 0) is 32.3 Å². The van der Waals surface area contributed by atoms with Crippen molar-refractivity contribution in [3.8, 4) is 5.75 Å². The summed E-state index contributed by atoms with van der Waals surface area (Å²) in [5, 5.41) is 10.5. The standard InChI is InChI=1S/C14H20O2/c1-3-16-13-7-5-4-6-12(13)14(2,15)10-11-8-9-11/h4-7,11,15H,3,8-10H2,1-2H3. The highest BCUT2D eigenvalue weighted by atomic mass is 16.5. The Morgan fingerprint density at radius 2 is 2.06 bits per heavy atom. The van der Waals surface area contributed by atoms with E-state index in [0.717, 1.165) is 17.7 Å². The highest BCUT2D eigenvalue weighted by Crippen LogP contribution is 2.42. The topological polar surface area (TPSA) is 29.5 Å². The van der Waals surface area contributed by atoms with Crippen LogP contribution in [-0.4, -0.2) is 11.7 Å². The van der Waals surface area contributed by atoms with Crippen molar-refractivity contribution in [1.29, 1.82) is 0 Å². The largest absolute Gasteiger partial charge is 0.493 e. The van der Waals surface area contributed by atoms with Crippen molar-refractivity contribution >= 4 is 0 Å². The summed E-state index contributed by atoms with van der Waals surface area (Å²) in [4.78, 5) is 0. The third kappa shape index (κ3) is 2.56. The summed E-state index contributed by atoms with van der Waals surface area (Å²) in [6.45, 7) is 4.49. The molecule has 1 aromatic carbocycles. The van der Waals surface area contributed by atoms with Crippen LogP contribution in [0.5, 0.6) is 5.75 Å². The SMILES string of the molecule is CCOc1ccccc1C(C)(O)CC1CC1. The van der Waals surface area contributed by atoms with Gasteiger partial charge in [-0.15, -0.1) is 0 Å². The Balaban J connectivity index is 2.22. The summed E-state index contributed by atoms with van der Waals surface area (Å²) < 4.78 is 5.57. The van der Waals surface area contributed by atoms with Gasteiger partial charge in [-0.1, -0.05) is 31.0 Å². The van der Waals surface area contributed by atoms with Crippen molar-refractivity contribution in [1.82, 2.24) is 0 Å². The Hall–Kier alpha value is -1.02. The van der Waals surface area contributed by atoms with Gasteiger partial charge in [0, 0.05) is 5.56 Å². The molecule has 1 saturated carbocycles. The van der Waals surface area contributed by atoms with Gasteiger partial charge in [-0.3, -0.25) is 0 Å². The summed E-state index contributed by atoms with van der Waals surface area (Å²) in [5.74, 6) is 1.51. The van der Waals surface area contributed by atoms with E-state index in [9.17, 15) is 5.11 Å². The molecule has 1 fully saturated rings. The van der Waals surface area contributed by atoms with Gasteiger partial charge in [0.25, 0.3) is 0 Å². The lowest BCUT2D eigenvalue weighted by molar-refractivity contribution is 0.0388. The maximum absolute atomic E-state index is 10.5. The van der Waals surface area contributed by atoms with Crippen molar-refractivity contribution in [2.24, 2.45) is 5.92 Å². The summed E-state index contributed by atoms with van der Waals surface area (Å²) in [5.41, 5.74) is 0.163. The van der Waals surface area contributed by atoms with Crippen LogP contribution in [0.2, 0.25) is 0 Å². The van der Waals surface area contributed by atoms with E-state index < -0.39 is 5.60 Å². The van der Waals surface area contributed by atoms with Crippen LogP contribution in [0.3, 0.4) is 0 Å². The third-order valence-electron chi connectivity index (χ3n) is 3.15. The highest BCUT2D eigenvalue weighted by molar-refractivity contribution is 5.37. The number of para-hydroxylation sites is 1. The minimum atomic E-state index is -0.757. The van der Waals surface area contributed by atoms with E-state index in [1.54, 1.807) is 0 Å². The van der Waals surface area contributed by atoms with Gasteiger partial charge in [-0.2, -0.15) is 0 Å². The molecule has 1 aliphatic carbocycles. The minimum absolute atomic E-state index is 0.635. The van der Waals surface area contributed by atoms with Crippen LogP contribution in [0.25, 0.3) is 0 Å². The highest BCUT2D eigenvalue weighted by Gasteiger charge is 2.34. The van der Waals surface area contributed by atoms with Crippen molar-refractivity contribution in [2.75, 3.05) is 6.61 Å². The molecule has 1 atom stereocenters. The molecule has 0 amide bonds. The van der Waals surface area contributed by atoms with E-state index in [2.05, 4.69) is 0 Å². The van der Waals surface area contributed by atoms with Gasteiger partial charge >= 0.3 is 0 Å². The second-order valence-electron chi connectivity index (χ2n) is 4.85. The number of benzene rings is 1.